The van der Waals surface area contributed by atoms with Crippen LogP contribution in [0, 0.1) is 13.8 Å². The first-order valence-corrected chi connectivity index (χ1v) is 8.54. The topological polar surface area (TPSA) is 107 Å². The van der Waals surface area contributed by atoms with Crippen molar-refractivity contribution in [2.75, 3.05) is 6.61 Å². The number of nitrogens with two attached hydrogens (primary N) is 1. The molecule has 0 aliphatic heterocycles. The van der Waals surface area contributed by atoms with Crippen LogP contribution in [0.25, 0.3) is 10.8 Å². The van der Waals surface area contributed by atoms with E-state index in [0.717, 1.165) is 15.8 Å². The molecule has 3 rings (SSSR count). The molecule has 1 heterocycles. The molecule has 0 saturated heterocycles. The van der Waals surface area contributed by atoms with Gasteiger partial charge in [-0.1, -0.05) is 24.3 Å². The van der Waals surface area contributed by atoms with Crippen molar-refractivity contribution >= 4 is 16.7 Å². The second-order valence-corrected chi connectivity index (χ2v) is 6.53. The fourth-order valence-electron chi connectivity index (χ4n) is 3.00. The number of aliphatic hydroxyl groups is 1. The second kappa shape index (κ2) is 7.59. The lowest BCUT2D eigenvalue weighted by Crippen LogP contribution is -2.34. The zero-order chi connectivity index (χ0) is 19.6. The van der Waals surface area contributed by atoms with Crippen molar-refractivity contribution in [2.45, 2.75) is 26.5 Å². The smallest absolute Gasteiger partial charge is 0.274 e. The molecule has 1 aromatic heterocycles. The van der Waals surface area contributed by atoms with Crippen LogP contribution in [0.4, 0.5) is 0 Å². The van der Waals surface area contributed by atoms with Crippen LogP contribution in [0.3, 0.4) is 0 Å². The van der Waals surface area contributed by atoms with Crippen LogP contribution in [-0.4, -0.2) is 33.5 Å². The van der Waals surface area contributed by atoms with Gasteiger partial charge in [0.25, 0.3) is 11.5 Å². The van der Waals surface area contributed by atoms with Gasteiger partial charge in [0.2, 0.25) is 0 Å². The number of rotatable bonds is 6. The maximum absolute atomic E-state index is 12.6. The van der Waals surface area contributed by atoms with Gasteiger partial charge in [0.15, 0.2) is 5.69 Å². The zero-order valence-corrected chi connectivity index (χ0v) is 15.2. The van der Waals surface area contributed by atoms with Gasteiger partial charge in [-0.15, -0.1) is 0 Å². The van der Waals surface area contributed by atoms with E-state index in [1.807, 2.05) is 32.0 Å². The van der Waals surface area contributed by atoms with Crippen LogP contribution < -0.4 is 16.0 Å². The summed E-state index contributed by atoms with van der Waals surface area (Å²) in [6.07, 6.45) is -0.988. The van der Waals surface area contributed by atoms with E-state index < -0.39 is 17.6 Å². The maximum Gasteiger partial charge on any atom is 0.274 e. The number of fused-ring (bicyclic) bond motifs is 1. The first-order chi connectivity index (χ1) is 12.8. The van der Waals surface area contributed by atoms with E-state index in [4.69, 9.17) is 10.5 Å². The number of aromatic nitrogens is 2. The van der Waals surface area contributed by atoms with Gasteiger partial charge in [0, 0.05) is 5.39 Å². The molecular weight excluding hydrogens is 346 g/mol. The average Bonchev–Trinajstić information content (AvgIpc) is 2.61. The number of hydrogen-bond acceptors (Lipinski definition) is 5. The van der Waals surface area contributed by atoms with Gasteiger partial charge in [0.1, 0.15) is 18.5 Å². The number of amides is 1. The first-order valence-electron chi connectivity index (χ1n) is 8.54. The van der Waals surface area contributed by atoms with Gasteiger partial charge in [-0.2, -0.15) is 5.10 Å². The minimum Gasteiger partial charge on any atom is -0.491 e. The summed E-state index contributed by atoms with van der Waals surface area (Å²) in [4.78, 5) is 24.3. The molecule has 27 heavy (non-hydrogen) atoms. The molecular formula is C20H21N3O4. The van der Waals surface area contributed by atoms with E-state index in [1.165, 1.54) is 0 Å². The zero-order valence-electron chi connectivity index (χ0n) is 15.2. The highest BCUT2D eigenvalue weighted by atomic mass is 16.5. The summed E-state index contributed by atoms with van der Waals surface area (Å²) >= 11 is 0. The number of carbonyl (C=O) groups is 1. The van der Waals surface area contributed by atoms with Gasteiger partial charge < -0.3 is 15.6 Å². The van der Waals surface area contributed by atoms with Gasteiger partial charge in [-0.3, -0.25) is 9.59 Å². The van der Waals surface area contributed by atoms with Crippen LogP contribution >= 0.6 is 0 Å². The van der Waals surface area contributed by atoms with E-state index in [0.29, 0.717) is 16.5 Å². The van der Waals surface area contributed by atoms with Crippen LogP contribution in [0.15, 0.2) is 47.3 Å². The molecule has 0 saturated carbocycles. The Morgan fingerprint density at radius 1 is 1.19 bits per heavy atom. The number of benzene rings is 2. The van der Waals surface area contributed by atoms with Crippen LogP contribution in [0.1, 0.15) is 21.6 Å². The van der Waals surface area contributed by atoms with E-state index >= 15 is 0 Å². The number of aliphatic hydroxyl groups excluding tert-OH is 1. The Bertz CT molecular complexity index is 1040. The van der Waals surface area contributed by atoms with Crippen molar-refractivity contribution in [1.29, 1.82) is 0 Å². The molecule has 3 aromatic rings. The Labute approximate surface area is 156 Å². The molecule has 1 unspecified atom stereocenters. The van der Waals surface area contributed by atoms with E-state index in [2.05, 4.69) is 5.10 Å². The highest BCUT2D eigenvalue weighted by molar-refractivity contribution is 6.03. The standard InChI is InChI=1S/C20H21N3O4/c1-12-7-13(2)9-15(8-12)27-11-14(24)10-23-20(26)17-6-4-3-5-16(17)18(22-23)19(21)25/h3-9,14,24H,10-11H2,1-2H3,(H2,21,25). The number of ether oxygens (including phenoxy) is 1. The van der Waals surface area contributed by atoms with Crippen molar-refractivity contribution in [3.63, 3.8) is 0 Å². The SMILES string of the molecule is Cc1cc(C)cc(OCC(O)Cn2nc(C(N)=O)c3ccccc3c2=O)c1. The van der Waals surface area contributed by atoms with Crippen LogP contribution in [0.5, 0.6) is 5.75 Å². The number of hydrogen-bond donors (Lipinski definition) is 2. The summed E-state index contributed by atoms with van der Waals surface area (Å²) in [6, 6.07) is 12.4. The lowest BCUT2D eigenvalue weighted by atomic mass is 10.1. The Hall–Kier alpha value is -3.19. The molecule has 7 heteroatoms. The highest BCUT2D eigenvalue weighted by Crippen LogP contribution is 2.17. The third-order valence-corrected chi connectivity index (χ3v) is 4.12. The number of primary amides is 1. The van der Waals surface area contributed by atoms with Gasteiger partial charge in [0.05, 0.1) is 11.9 Å². The summed E-state index contributed by atoms with van der Waals surface area (Å²) < 4.78 is 6.68. The molecule has 0 radical (unpaired) electrons. The summed E-state index contributed by atoms with van der Waals surface area (Å²) in [5.74, 6) is -0.0934. The Morgan fingerprint density at radius 3 is 2.44 bits per heavy atom. The Morgan fingerprint density at radius 2 is 1.81 bits per heavy atom. The third kappa shape index (κ3) is 4.15. The monoisotopic (exact) mass is 367 g/mol. The number of aryl methyl sites for hydroxylation is 2. The molecule has 1 atom stereocenters. The quantitative estimate of drug-likeness (QED) is 0.687. The minimum absolute atomic E-state index is 0.00683. The fourth-order valence-corrected chi connectivity index (χ4v) is 3.00. The van der Waals surface area contributed by atoms with Crippen molar-refractivity contribution in [3.05, 3.63) is 69.6 Å². The Balaban J connectivity index is 1.82. The molecule has 0 aliphatic carbocycles. The summed E-state index contributed by atoms with van der Waals surface area (Å²) in [7, 11) is 0. The minimum atomic E-state index is -0.988. The molecule has 140 valence electrons. The van der Waals surface area contributed by atoms with Gasteiger partial charge in [-0.25, -0.2) is 4.68 Å². The van der Waals surface area contributed by atoms with Gasteiger partial charge in [-0.05, 0) is 43.2 Å². The molecule has 2 aromatic carbocycles. The predicted octanol–water partition coefficient (Wildman–Crippen LogP) is 1.55. The fraction of sp³-hybridized carbons (Fsp3) is 0.250. The molecule has 1 amide bonds. The van der Waals surface area contributed by atoms with Crippen LogP contribution in [0.2, 0.25) is 0 Å². The second-order valence-electron chi connectivity index (χ2n) is 6.53. The van der Waals surface area contributed by atoms with Gasteiger partial charge >= 0.3 is 0 Å². The molecule has 3 N–H and O–H groups in total. The lowest BCUT2D eigenvalue weighted by molar-refractivity contribution is 0.0870. The van der Waals surface area contributed by atoms with Crippen molar-refractivity contribution in [1.82, 2.24) is 9.78 Å². The largest absolute Gasteiger partial charge is 0.491 e. The molecule has 0 bridgehead atoms. The summed E-state index contributed by atoms with van der Waals surface area (Å²) in [5.41, 5.74) is 7.09. The van der Waals surface area contributed by atoms with Crippen molar-refractivity contribution < 1.29 is 14.6 Å². The highest BCUT2D eigenvalue weighted by Gasteiger charge is 2.16. The maximum atomic E-state index is 12.6. The molecule has 7 nitrogen and oxygen atoms in total. The Kier molecular flexibility index (Phi) is 5.23. The first kappa shape index (κ1) is 18.6. The van der Waals surface area contributed by atoms with E-state index in [1.54, 1.807) is 24.3 Å². The third-order valence-electron chi connectivity index (χ3n) is 4.12. The molecule has 0 aliphatic rings. The molecule has 0 spiro atoms. The number of nitrogens with zero attached hydrogens (tertiary/aromatic N) is 2. The molecule has 0 fully saturated rings. The predicted molar refractivity (Wildman–Crippen MR) is 102 cm³/mol. The summed E-state index contributed by atoms with van der Waals surface area (Å²) in [5, 5.41) is 15.0. The van der Waals surface area contributed by atoms with Crippen molar-refractivity contribution in [3.8, 4) is 5.75 Å². The average molecular weight is 367 g/mol. The van der Waals surface area contributed by atoms with Crippen molar-refractivity contribution in [2.24, 2.45) is 5.73 Å². The van der Waals surface area contributed by atoms with E-state index in [-0.39, 0.29) is 18.8 Å². The lowest BCUT2D eigenvalue weighted by Gasteiger charge is -2.15. The number of carbonyl (C=O) groups excluding carboxylic acids is 1. The summed E-state index contributed by atoms with van der Waals surface area (Å²) in [6.45, 7) is 3.78. The van der Waals surface area contributed by atoms with Crippen LogP contribution in [-0.2, 0) is 6.54 Å². The van der Waals surface area contributed by atoms with E-state index in [9.17, 15) is 14.7 Å². The normalized spacial score (nSPS) is 12.1.